The van der Waals surface area contributed by atoms with E-state index in [0.29, 0.717) is 22.2 Å². The third-order valence-corrected chi connectivity index (χ3v) is 4.72. The van der Waals surface area contributed by atoms with Gasteiger partial charge in [0.05, 0.1) is 30.8 Å². The zero-order chi connectivity index (χ0) is 18.5. The Morgan fingerprint density at radius 1 is 1.04 bits per heavy atom. The first-order chi connectivity index (χ1) is 12.6. The maximum atomic E-state index is 11.5. The highest BCUT2D eigenvalue weighted by Gasteiger charge is 2.13. The van der Waals surface area contributed by atoms with Crippen LogP contribution in [0.3, 0.4) is 0 Å². The van der Waals surface area contributed by atoms with Gasteiger partial charge in [0.15, 0.2) is 11.5 Å². The van der Waals surface area contributed by atoms with Crippen molar-refractivity contribution < 1.29 is 19.4 Å². The van der Waals surface area contributed by atoms with Crippen molar-refractivity contribution in [1.29, 1.82) is 0 Å². The Morgan fingerprint density at radius 2 is 1.81 bits per heavy atom. The van der Waals surface area contributed by atoms with Crippen molar-refractivity contribution in [3.05, 3.63) is 64.0 Å². The van der Waals surface area contributed by atoms with Crippen molar-refractivity contribution in [3.63, 3.8) is 0 Å². The molecule has 2 aromatic carbocycles. The molecular formula is C20H16NO4S-. The fraction of sp³-hybridized carbons (Fsp3) is 0.100. The first-order valence-corrected chi connectivity index (χ1v) is 8.62. The number of carboxylic acid groups (broad SMARTS) is 1. The van der Waals surface area contributed by atoms with E-state index >= 15 is 0 Å². The van der Waals surface area contributed by atoms with Gasteiger partial charge in [0.25, 0.3) is 0 Å². The molecule has 0 aliphatic rings. The fourth-order valence-electron chi connectivity index (χ4n) is 2.54. The maximum Gasteiger partial charge on any atom is 0.167 e. The number of rotatable bonds is 6. The average Bonchev–Trinajstić information content (AvgIpc) is 3.11. The molecule has 0 saturated carbocycles. The van der Waals surface area contributed by atoms with Gasteiger partial charge in [-0.2, -0.15) is 0 Å². The molecule has 0 N–H and O–H groups in total. The number of carbonyl (C=O) groups is 1. The predicted molar refractivity (Wildman–Crippen MR) is 100 cm³/mol. The zero-order valence-electron chi connectivity index (χ0n) is 14.3. The summed E-state index contributed by atoms with van der Waals surface area (Å²) >= 11 is 1.07. The third kappa shape index (κ3) is 3.60. The van der Waals surface area contributed by atoms with Gasteiger partial charge in [0, 0.05) is 11.1 Å². The van der Waals surface area contributed by atoms with E-state index in [2.05, 4.69) is 4.98 Å². The summed E-state index contributed by atoms with van der Waals surface area (Å²) in [6.45, 7) is 0. The average molecular weight is 366 g/mol. The van der Waals surface area contributed by atoms with Crippen LogP contribution in [0.2, 0.25) is 0 Å². The second-order valence-corrected chi connectivity index (χ2v) is 6.33. The molecule has 1 aromatic heterocycles. The van der Waals surface area contributed by atoms with Gasteiger partial charge in [0.1, 0.15) is 5.01 Å². The van der Waals surface area contributed by atoms with E-state index in [-0.39, 0.29) is 4.88 Å². The number of para-hydroxylation sites is 1. The van der Waals surface area contributed by atoms with Gasteiger partial charge in [-0.25, -0.2) is 4.98 Å². The van der Waals surface area contributed by atoms with Gasteiger partial charge < -0.3 is 19.4 Å². The van der Waals surface area contributed by atoms with Crippen LogP contribution >= 0.6 is 11.3 Å². The molecule has 0 aliphatic carbocycles. The van der Waals surface area contributed by atoms with E-state index in [9.17, 15) is 9.90 Å². The highest BCUT2D eigenvalue weighted by molar-refractivity contribution is 7.14. The molecule has 132 valence electrons. The Hall–Kier alpha value is -3.12. The number of aromatic nitrogens is 1. The first-order valence-electron chi connectivity index (χ1n) is 7.80. The minimum absolute atomic E-state index is 0.105. The Labute approximate surface area is 155 Å². The van der Waals surface area contributed by atoms with E-state index in [0.717, 1.165) is 22.5 Å². The van der Waals surface area contributed by atoms with Gasteiger partial charge in [-0.3, -0.25) is 0 Å². The largest absolute Gasteiger partial charge is 0.544 e. The van der Waals surface area contributed by atoms with Crippen LogP contribution < -0.4 is 14.6 Å². The van der Waals surface area contributed by atoms with E-state index in [1.165, 1.54) is 0 Å². The van der Waals surface area contributed by atoms with Crippen molar-refractivity contribution in [2.24, 2.45) is 0 Å². The third-order valence-electron chi connectivity index (χ3n) is 3.72. The van der Waals surface area contributed by atoms with Crippen LogP contribution in [0, 0.1) is 0 Å². The Balaban J connectivity index is 1.99. The molecule has 3 rings (SSSR count). The van der Waals surface area contributed by atoms with E-state index in [4.69, 9.17) is 9.47 Å². The highest BCUT2D eigenvalue weighted by Crippen LogP contribution is 2.33. The first kappa shape index (κ1) is 17.7. The molecule has 6 heteroatoms. The van der Waals surface area contributed by atoms with Crippen LogP contribution in [0.15, 0.2) is 48.5 Å². The molecule has 0 spiro atoms. The van der Waals surface area contributed by atoms with Crippen molar-refractivity contribution in [2.75, 3.05) is 14.2 Å². The summed E-state index contributed by atoms with van der Waals surface area (Å²) in [5, 5.41) is 12.0. The lowest BCUT2D eigenvalue weighted by atomic mass is 10.1. The lowest BCUT2D eigenvalue weighted by Gasteiger charge is -2.09. The summed E-state index contributed by atoms with van der Waals surface area (Å²) in [6.07, 6.45) is 3.56. The summed E-state index contributed by atoms with van der Waals surface area (Å²) in [7, 11) is 3.14. The molecule has 1 heterocycles. The van der Waals surface area contributed by atoms with Crippen molar-refractivity contribution in [3.8, 4) is 22.8 Å². The van der Waals surface area contributed by atoms with Crippen LogP contribution in [0.5, 0.6) is 11.5 Å². The molecule has 5 nitrogen and oxygen atoms in total. The highest BCUT2D eigenvalue weighted by atomic mass is 32.1. The predicted octanol–water partition coefficient (Wildman–Crippen LogP) is 3.36. The monoisotopic (exact) mass is 366 g/mol. The molecular weight excluding hydrogens is 350 g/mol. The number of ether oxygens (including phenoxy) is 2. The molecule has 26 heavy (non-hydrogen) atoms. The summed E-state index contributed by atoms with van der Waals surface area (Å²) in [6, 6.07) is 14.7. The number of hydrogen-bond donors (Lipinski definition) is 0. The molecule has 0 atom stereocenters. The topological polar surface area (TPSA) is 71.5 Å². The summed E-state index contributed by atoms with van der Waals surface area (Å²) in [5.41, 5.74) is 1.95. The minimum atomic E-state index is -1.24. The summed E-state index contributed by atoms with van der Waals surface area (Å²) < 4.78 is 10.7. The quantitative estimate of drug-likeness (QED) is 0.669. The van der Waals surface area contributed by atoms with Crippen LogP contribution in [0.1, 0.15) is 20.2 Å². The summed E-state index contributed by atoms with van der Waals surface area (Å²) in [5.74, 6) is -0.0135. The number of carbonyl (C=O) groups excluding carboxylic acids is 1. The number of aromatic carboxylic acids is 1. The Morgan fingerprint density at radius 3 is 2.46 bits per heavy atom. The second-order valence-electron chi connectivity index (χ2n) is 5.30. The van der Waals surface area contributed by atoms with E-state index in [1.54, 1.807) is 26.4 Å². The number of benzene rings is 2. The smallest absolute Gasteiger partial charge is 0.167 e. The molecule has 0 unspecified atom stereocenters. The lowest BCUT2D eigenvalue weighted by Crippen LogP contribution is -2.21. The molecule has 0 fully saturated rings. The van der Waals surface area contributed by atoms with Gasteiger partial charge in [-0.05, 0) is 18.2 Å². The van der Waals surface area contributed by atoms with Crippen LogP contribution in [0.4, 0.5) is 0 Å². The van der Waals surface area contributed by atoms with Crippen molar-refractivity contribution >= 4 is 29.5 Å². The number of nitrogens with zero attached hydrogens (tertiary/aromatic N) is 1. The fourth-order valence-corrected chi connectivity index (χ4v) is 3.37. The standard InChI is InChI=1S/C20H17NO4S/c1-24-15-10-6-9-14(18(15)25-2)11-12-16-21-17(19(26-16)20(22)23)13-7-4-3-5-8-13/h3-12H,1-2H3,(H,22,23)/p-1/b12-11+. The summed E-state index contributed by atoms with van der Waals surface area (Å²) in [4.78, 5) is 16.0. The number of hydrogen-bond acceptors (Lipinski definition) is 6. The Kier molecular flexibility index (Phi) is 5.34. The SMILES string of the molecule is COc1cccc(/C=C/c2nc(-c3ccccc3)c(C(=O)[O-])s2)c1OC. The second kappa shape index (κ2) is 7.84. The number of thiazole rings is 1. The number of carboxylic acids is 1. The molecule has 0 aliphatic heterocycles. The van der Waals surface area contributed by atoms with Crippen LogP contribution in [-0.2, 0) is 0 Å². The molecule has 3 aromatic rings. The normalized spacial score (nSPS) is 10.8. The lowest BCUT2D eigenvalue weighted by molar-refractivity contribution is -0.254. The van der Waals surface area contributed by atoms with E-state index in [1.807, 2.05) is 48.5 Å². The Bertz CT molecular complexity index is 948. The van der Waals surface area contributed by atoms with Crippen molar-refractivity contribution in [1.82, 2.24) is 4.98 Å². The van der Waals surface area contributed by atoms with Gasteiger partial charge in [-0.1, -0.05) is 42.5 Å². The van der Waals surface area contributed by atoms with Gasteiger partial charge >= 0.3 is 0 Å². The van der Waals surface area contributed by atoms with Crippen molar-refractivity contribution in [2.45, 2.75) is 0 Å². The van der Waals surface area contributed by atoms with Crippen LogP contribution in [0.25, 0.3) is 23.4 Å². The van der Waals surface area contributed by atoms with E-state index < -0.39 is 5.97 Å². The minimum Gasteiger partial charge on any atom is -0.544 e. The van der Waals surface area contributed by atoms with Gasteiger partial charge in [0.2, 0.25) is 0 Å². The van der Waals surface area contributed by atoms with Crippen LogP contribution in [-0.4, -0.2) is 25.2 Å². The number of methoxy groups -OCH3 is 2. The zero-order valence-corrected chi connectivity index (χ0v) is 15.1. The molecule has 0 amide bonds. The molecule has 0 bridgehead atoms. The maximum absolute atomic E-state index is 11.5. The molecule has 0 radical (unpaired) electrons. The molecule has 0 saturated heterocycles. The van der Waals surface area contributed by atoms with Gasteiger partial charge in [-0.15, -0.1) is 11.3 Å².